The smallest absolute Gasteiger partial charge is 0.253 e. The molecule has 1 saturated heterocycles. The van der Waals surface area contributed by atoms with Gasteiger partial charge in [0.15, 0.2) is 0 Å². The van der Waals surface area contributed by atoms with E-state index >= 15 is 0 Å². The minimum absolute atomic E-state index is 0.0877. The van der Waals surface area contributed by atoms with Crippen molar-refractivity contribution in [1.29, 1.82) is 0 Å². The number of hydrogen-bond acceptors (Lipinski definition) is 3. The summed E-state index contributed by atoms with van der Waals surface area (Å²) in [6.45, 7) is 1.58. The zero-order chi connectivity index (χ0) is 14.9. The first-order valence-corrected chi connectivity index (χ1v) is 7.41. The van der Waals surface area contributed by atoms with Crippen molar-refractivity contribution < 1.29 is 4.79 Å². The van der Waals surface area contributed by atoms with Gasteiger partial charge < -0.3 is 9.88 Å². The fourth-order valence-corrected chi connectivity index (χ4v) is 3.01. The average molecular weight is 292 g/mol. The third kappa shape index (κ3) is 2.24. The van der Waals surface area contributed by atoms with Crippen LogP contribution >= 0.6 is 0 Å². The lowest BCUT2D eigenvalue weighted by molar-refractivity contribution is 0.0500. The molecule has 0 aliphatic carbocycles. The number of aromatic amines is 1. The van der Waals surface area contributed by atoms with Crippen LogP contribution in [0.2, 0.25) is 0 Å². The summed E-state index contributed by atoms with van der Waals surface area (Å²) in [5, 5.41) is 1.19. The maximum Gasteiger partial charge on any atom is 0.253 e. The quantitative estimate of drug-likeness (QED) is 0.805. The maximum atomic E-state index is 12.3. The largest absolute Gasteiger partial charge is 0.360 e. The number of rotatable bonds is 3. The molecule has 1 N–H and O–H groups in total. The molecular weight excluding hydrogens is 276 g/mol. The van der Waals surface area contributed by atoms with E-state index in [0.717, 1.165) is 30.7 Å². The zero-order valence-corrected chi connectivity index (χ0v) is 12.1. The highest BCUT2D eigenvalue weighted by Gasteiger charge is 2.31. The molecule has 3 aromatic heterocycles. The minimum atomic E-state index is 0.0877. The van der Waals surface area contributed by atoms with Crippen molar-refractivity contribution in [3.63, 3.8) is 0 Å². The van der Waals surface area contributed by atoms with Gasteiger partial charge in [-0.3, -0.25) is 14.8 Å². The number of carbonyl (C=O) groups excluding carboxylic acids is 1. The Balaban J connectivity index is 1.42. The van der Waals surface area contributed by atoms with Gasteiger partial charge in [-0.2, -0.15) is 0 Å². The molecular formula is C17H16N4O. The second kappa shape index (κ2) is 5.26. The monoisotopic (exact) mass is 292 g/mol. The van der Waals surface area contributed by atoms with Crippen molar-refractivity contribution in [3.8, 4) is 0 Å². The summed E-state index contributed by atoms with van der Waals surface area (Å²) in [5.41, 5.74) is 2.91. The van der Waals surface area contributed by atoms with Crippen LogP contribution in [-0.2, 0) is 6.42 Å². The Kier molecular flexibility index (Phi) is 3.11. The number of fused-ring (bicyclic) bond motifs is 1. The Hall–Kier alpha value is -2.69. The van der Waals surface area contributed by atoms with Crippen molar-refractivity contribution in [3.05, 3.63) is 60.3 Å². The van der Waals surface area contributed by atoms with E-state index < -0.39 is 0 Å². The van der Waals surface area contributed by atoms with Crippen LogP contribution in [-0.4, -0.2) is 38.8 Å². The highest BCUT2D eigenvalue weighted by Crippen LogP contribution is 2.24. The molecule has 4 heterocycles. The molecule has 0 spiro atoms. The lowest BCUT2D eigenvalue weighted by atomic mass is 9.93. The lowest BCUT2D eigenvalue weighted by Crippen LogP contribution is -2.50. The van der Waals surface area contributed by atoms with Gasteiger partial charge in [0.05, 0.1) is 11.2 Å². The number of amides is 1. The van der Waals surface area contributed by atoms with E-state index in [2.05, 4.69) is 21.0 Å². The highest BCUT2D eigenvalue weighted by molar-refractivity contribution is 5.94. The Morgan fingerprint density at radius 1 is 1.18 bits per heavy atom. The van der Waals surface area contributed by atoms with Crippen LogP contribution in [0.25, 0.3) is 10.9 Å². The molecule has 0 unspecified atom stereocenters. The summed E-state index contributed by atoms with van der Waals surface area (Å²) >= 11 is 0. The third-order valence-corrected chi connectivity index (χ3v) is 4.21. The molecule has 22 heavy (non-hydrogen) atoms. The average Bonchev–Trinajstić information content (AvgIpc) is 3.00. The van der Waals surface area contributed by atoms with Gasteiger partial charge in [0.1, 0.15) is 0 Å². The van der Waals surface area contributed by atoms with Gasteiger partial charge in [0.25, 0.3) is 5.91 Å². The van der Waals surface area contributed by atoms with Gasteiger partial charge >= 0.3 is 0 Å². The van der Waals surface area contributed by atoms with Gasteiger partial charge in [-0.25, -0.2) is 0 Å². The molecule has 0 radical (unpaired) electrons. The predicted octanol–water partition coefficient (Wildman–Crippen LogP) is 2.27. The first-order valence-electron chi connectivity index (χ1n) is 7.41. The van der Waals surface area contributed by atoms with E-state index in [1.54, 1.807) is 24.5 Å². The van der Waals surface area contributed by atoms with Crippen LogP contribution in [0.15, 0.2) is 49.1 Å². The second-order valence-corrected chi connectivity index (χ2v) is 5.72. The van der Waals surface area contributed by atoms with E-state index in [-0.39, 0.29) is 5.91 Å². The van der Waals surface area contributed by atoms with E-state index in [1.165, 1.54) is 5.39 Å². The van der Waals surface area contributed by atoms with Crippen LogP contribution in [0.4, 0.5) is 0 Å². The second-order valence-electron chi connectivity index (χ2n) is 5.72. The Morgan fingerprint density at radius 2 is 2.00 bits per heavy atom. The molecule has 1 aliphatic heterocycles. The zero-order valence-electron chi connectivity index (χ0n) is 12.1. The molecule has 1 amide bonds. The normalized spacial score (nSPS) is 15.0. The summed E-state index contributed by atoms with van der Waals surface area (Å²) < 4.78 is 0. The minimum Gasteiger partial charge on any atom is -0.360 e. The topological polar surface area (TPSA) is 61.9 Å². The number of aromatic nitrogens is 3. The van der Waals surface area contributed by atoms with Crippen molar-refractivity contribution in [2.75, 3.05) is 13.1 Å². The van der Waals surface area contributed by atoms with Gasteiger partial charge in [-0.15, -0.1) is 0 Å². The summed E-state index contributed by atoms with van der Waals surface area (Å²) in [6.07, 6.45) is 8.00. The number of nitrogens with zero attached hydrogens (tertiary/aromatic N) is 3. The first-order chi connectivity index (χ1) is 10.8. The SMILES string of the molecule is O=C(c1ccncc1)N1CC(Cc2nccc3cc[nH]c23)C1. The number of nitrogens with one attached hydrogen (secondary N) is 1. The van der Waals surface area contributed by atoms with Crippen LogP contribution in [0, 0.1) is 5.92 Å². The van der Waals surface area contributed by atoms with Crippen molar-refractivity contribution in [2.24, 2.45) is 5.92 Å². The number of pyridine rings is 2. The molecule has 5 heteroatoms. The summed E-state index contributed by atoms with van der Waals surface area (Å²) in [6, 6.07) is 7.59. The molecule has 5 nitrogen and oxygen atoms in total. The van der Waals surface area contributed by atoms with Crippen LogP contribution in [0.5, 0.6) is 0 Å². The Morgan fingerprint density at radius 3 is 2.82 bits per heavy atom. The lowest BCUT2D eigenvalue weighted by Gasteiger charge is -2.39. The molecule has 0 bridgehead atoms. The van der Waals surface area contributed by atoms with Crippen LogP contribution < -0.4 is 0 Å². The van der Waals surface area contributed by atoms with Gasteiger partial charge in [0, 0.05) is 48.8 Å². The molecule has 0 saturated carbocycles. The first kappa shape index (κ1) is 13.0. The van der Waals surface area contributed by atoms with Gasteiger partial charge in [-0.1, -0.05) is 0 Å². The summed E-state index contributed by atoms with van der Waals surface area (Å²) in [4.78, 5) is 25.8. The Labute approximate surface area is 128 Å². The van der Waals surface area contributed by atoms with Crippen molar-refractivity contribution >= 4 is 16.8 Å². The Bertz CT molecular complexity index is 806. The molecule has 0 aromatic carbocycles. The number of hydrogen-bond donors (Lipinski definition) is 1. The summed E-state index contributed by atoms with van der Waals surface area (Å²) in [7, 11) is 0. The van der Waals surface area contributed by atoms with E-state index in [1.807, 2.05) is 23.4 Å². The summed E-state index contributed by atoms with van der Waals surface area (Å²) in [5.74, 6) is 0.567. The highest BCUT2D eigenvalue weighted by atomic mass is 16.2. The molecule has 0 atom stereocenters. The fourth-order valence-electron chi connectivity index (χ4n) is 3.01. The van der Waals surface area contributed by atoms with E-state index in [0.29, 0.717) is 11.5 Å². The molecule has 3 aromatic rings. The fraction of sp³-hybridized carbons (Fsp3) is 0.235. The maximum absolute atomic E-state index is 12.3. The number of likely N-dealkylation sites (tertiary alicyclic amines) is 1. The van der Waals surface area contributed by atoms with E-state index in [9.17, 15) is 4.79 Å². The molecule has 110 valence electrons. The third-order valence-electron chi connectivity index (χ3n) is 4.21. The molecule has 1 fully saturated rings. The standard InChI is InChI=1S/C17H16N4O/c22-17(14-1-5-18-6-2-14)21-10-12(11-21)9-15-16-13(3-7-19-15)4-8-20-16/h1-8,12,20H,9-11H2. The van der Waals surface area contributed by atoms with Crippen molar-refractivity contribution in [2.45, 2.75) is 6.42 Å². The van der Waals surface area contributed by atoms with E-state index in [4.69, 9.17) is 0 Å². The van der Waals surface area contributed by atoms with Crippen LogP contribution in [0.3, 0.4) is 0 Å². The predicted molar refractivity (Wildman–Crippen MR) is 83.4 cm³/mol. The molecule has 1 aliphatic rings. The number of carbonyl (C=O) groups is 1. The van der Waals surface area contributed by atoms with Gasteiger partial charge in [-0.05, 0) is 36.6 Å². The van der Waals surface area contributed by atoms with Crippen molar-refractivity contribution in [1.82, 2.24) is 19.9 Å². The van der Waals surface area contributed by atoms with Crippen LogP contribution in [0.1, 0.15) is 16.1 Å². The number of H-pyrrole nitrogens is 1. The molecule has 4 rings (SSSR count). The van der Waals surface area contributed by atoms with Gasteiger partial charge in [0.2, 0.25) is 0 Å².